The van der Waals surface area contributed by atoms with Gasteiger partial charge in [-0.1, -0.05) is 156 Å². The van der Waals surface area contributed by atoms with Gasteiger partial charge in [-0.15, -0.1) is 0 Å². The van der Waals surface area contributed by atoms with Crippen LogP contribution >= 0.6 is 0 Å². The number of hydrogen-bond acceptors (Lipinski definition) is 6. The molecule has 0 saturated carbocycles. The van der Waals surface area contributed by atoms with E-state index < -0.39 is 0 Å². The molecule has 432 valence electrons. The van der Waals surface area contributed by atoms with Crippen LogP contribution in [0.3, 0.4) is 0 Å². The number of nitrogens with zero attached hydrogens (tertiary/aromatic N) is 2. The van der Waals surface area contributed by atoms with E-state index in [4.69, 9.17) is 17.7 Å². The second kappa shape index (κ2) is 18.9. The van der Waals surface area contributed by atoms with E-state index in [2.05, 4.69) is 299 Å². The van der Waals surface area contributed by atoms with Gasteiger partial charge in [0.25, 0.3) is 0 Å². The molecule has 0 radical (unpaired) electrons. The van der Waals surface area contributed by atoms with Crippen molar-refractivity contribution < 1.29 is 17.7 Å². The third-order valence-electron chi connectivity index (χ3n) is 18.5. The van der Waals surface area contributed by atoms with Gasteiger partial charge in [0.05, 0.1) is 0 Å². The summed E-state index contributed by atoms with van der Waals surface area (Å²) in [5.41, 5.74) is 17.6. The van der Waals surface area contributed by atoms with Crippen molar-refractivity contribution in [3.8, 4) is 0 Å². The minimum atomic E-state index is -0.0896. The summed E-state index contributed by atoms with van der Waals surface area (Å²) in [6.07, 6.45) is 0. The Hall–Kier alpha value is -9.78. The van der Waals surface area contributed by atoms with Crippen LogP contribution in [-0.4, -0.2) is 0 Å². The van der Waals surface area contributed by atoms with Gasteiger partial charge in [0, 0.05) is 101 Å². The largest absolute Gasteiger partial charge is 0.456 e. The van der Waals surface area contributed by atoms with Gasteiger partial charge in [0.2, 0.25) is 0 Å². The van der Waals surface area contributed by atoms with Gasteiger partial charge in [0.1, 0.15) is 44.7 Å². The zero-order chi connectivity index (χ0) is 60.5. The zero-order valence-corrected chi connectivity index (χ0v) is 52.2. The molecular weight excluding hydrogens is 1080 g/mol. The van der Waals surface area contributed by atoms with Gasteiger partial charge < -0.3 is 27.5 Å². The summed E-state index contributed by atoms with van der Waals surface area (Å²) < 4.78 is 27.4. The van der Waals surface area contributed by atoms with Gasteiger partial charge in [0.15, 0.2) is 0 Å². The molecule has 0 saturated heterocycles. The summed E-state index contributed by atoms with van der Waals surface area (Å²) in [5.74, 6) is 0. The fourth-order valence-corrected chi connectivity index (χ4v) is 13.5. The summed E-state index contributed by atoms with van der Waals surface area (Å²) in [6, 6.07) is 75.4. The number of fused-ring (bicyclic) bond motifs is 17. The van der Waals surface area contributed by atoms with Crippen molar-refractivity contribution in [3.63, 3.8) is 0 Å². The van der Waals surface area contributed by atoms with Crippen molar-refractivity contribution in [2.75, 3.05) is 9.80 Å². The van der Waals surface area contributed by atoms with Crippen molar-refractivity contribution in [2.24, 2.45) is 0 Å². The van der Waals surface area contributed by atoms with Gasteiger partial charge in [-0.25, -0.2) is 0 Å². The fraction of sp³-hybridized carbons (Fsp3) is 0.195. The van der Waals surface area contributed by atoms with Gasteiger partial charge in [-0.3, -0.25) is 0 Å². The molecule has 0 aliphatic carbocycles. The number of rotatable bonds is 6. The van der Waals surface area contributed by atoms with Crippen LogP contribution in [0.2, 0.25) is 0 Å². The predicted octanol–water partition coefficient (Wildman–Crippen LogP) is 24.9. The second-order valence-electron chi connectivity index (χ2n) is 28.7. The Labute approximate surface area is 512 Å². The number of furan rings is 4. The standard InChI is InChI=1S/C82H70N2O4/c1-79(2,3)51-37-52(80(4,5)6)40-59(39-51)83(57-25-29-65-75(45-57)85-69-31-21-47-17-13-15-19-61(47)77(65)69)55-23-27-63-67-33-49-36-72-68(34-50(49)35-71(67)87-73(63)43-55)64-28-24-56(44-74(64)88-72)84(60-41-53(81(7,8)9)38-54(42-60)82(10,11)12)58-26-30-66-76(46-58)86-70-32-22-48-18-14-16-20-62(48)78(66)70/h13-46H,1-12H3. The lowest BCUT2D eigenvalue weighted by molar-refractivity contribution is 0.568. The lowest BCUT2D eigenvalue weighted by Gasteiger charge is -2.31. The van der Waals surface area contributed by atoms with Crippen LogP contribution in [0.5, 0.6) is 0 Å². The normalized spacial score (nSPS) is 13.0. The van der Waals surface area contributed by atoms with E-state index in [1.807, 2.05) is 0 Å². The topological polar surface area (TPSA) is 59.0 Å². The van der Waals surface area contributed by atoms with Crippen LogP contribution in [0.15, 0.2) is 224 Å². The van der Waals surface area contributed by atoms with Crippen molar-refractivity contribution in [1.82, 2.24) is 0 Å². The highest BCUT2D eigenvalue weighted by Crippen LogP contribution is 2.48. The number of hydrogen-bond donors (Lipinski definition) is 0. The Morgan fingerprint density at radius 3 is 0.875 bits per heavy atom. The molecule has 0 N–H and O–H groups in total. The first-order valence-corrected chi connectivity index (χ1v) is 30.9. The molecule has 0 aliphatic rings. The van der Waals surface area contributed by atoms with Crippen LogP contribution < -0.4 is 9.80 Å². The minimum Gasteiger partial charge on any atom is -0.456 e. The molecule has 16 aromatic rings. The van der Waals surface area contributed by atoms with Gasteiger partial charge >= 0.3 is 0 Å². The van der Waals surface area contributed by atoms with E-state index in [9.17, 15) is 0 Å². The molecule has 0 unspecified atom stereocenters. The van der Waals surface area contributed by atoms with Crippen LogP contribution in [0, 0.1) is 0 Å². The molecule has 0 spiro atoms. The first-order valence-electron chi connectivity index (χ1n) is 30.9. The summed E-state index contributed by atoms with van der Waals surface area (Å²) in [5, 5.41) is 15.6. The van der Waals surface area contributed by atoms with E-state index in [0.717, 1.165) is 133 Å². The van der Waals surface area contributed by atoms with Crippen LogP contribution in [0.1, 0.15) is 105 Å². The molecule has 0 amide bonds. The molecule has 4 aromatic heterocycles. The molecular formula is C82H70N2O4. The molecule has 6 nitrogen and oxygen atoms in total. The van der Waals surface area contributed by atoms with Crippen LogP contribution in [0.4, 0.5) is 34.1 Å². The Balaban J connectivity index is 0.819. The van der Waals surface area contributed by atoms with Crippen molar-refractivity contribution >= 4 is 154 Å². The summed E-state index contributed by atoms with van der Waals surface area (Å²) in [4.78, 5) is 4.74. The number of benzene rings is 12. The smallest absolute Gasteiger partial charge is 0.137 e. The Bertz CT molecular complexity index is 5170. The highest BCUT2D eigenvalue weighted by molar-refractivity contribution is 6.21. The monoisotopic (exact) mass is 1150 g/mol. The quantitative estimate of drug-likeness (QED) is 0.165. The minimum absolute atomic E-state index is 0.0896. The summed E-state index contributed by atoms with van der Waals surface area (Å²) in [6.45, 7) is 27.6. The second-order valence-corrected chi connectivity index (χ2v) is 28.7. The Morgan fingerprint density at radius 2 is 0.523 bits per heavy atom. The van der Waals surface area contributed by atoms with Gasteiger partial charge in [-0.2, -0.15) is 0 Å². The van der Waals surface area contributed by atoms with E-state index in [0.29, 0.717) is 0 Å². The molecule has 0 aliphatic heterocycles. The first-order chi connectivity index (χ1) is 42.1. The zero-order valence-electron chi connectivity index (χ0n) is 52.2. The third kappa shape index (κ3) is 8.73. The molecule has 0 bridgehead atoms. The average molecular weight is 1150 g/mol. The molecule has 88 heavy (non-hydrogen) atoms. The lowest BCUT2D eigenvalue weighted by Crippen LogP contribution is -2.19. The molecule has 0 atom stereocenters. The lowest BCUT2D eigenvalue weighted by atomic mass is 9.80. The van der Waals surface area contributed by atoms with E-state index in [-0.39, 0.29) is 21.7 Å². The van der Waals surface area contributed by atoms with Gasteiger partial charge in [-0.05, 0) is 185 Å². The Kier molecular flexibility index (Phi) is 11.5. The van der Waals surface area contributed by atoms with Crippen LogP contribution in [0.25, 0.3) is 120 Å². The van der Waals surface area contributed by atoms with Crippen molar-refractivity contribution in [1.29, 1.82) is 0 Å². The molecule has 12 aromatic carbocycles. The van der Waals surface area contributed by atoms with Crippen LogP contribution in [-0.2, 0) is 21.7 Å². The fourth-order valence-electron chi connectivity index (χ4n) is 13.5. The summed E-state index contributed by atoms with van der Waals surface area (Å²) >= 11 is 0. The Morgan fingerprint density at radius 1 is 0.216 bits per heavy atom. The van der Waals surface area contributed by atoms with E-state index >= 15 is 0 Å². The molecule has 16 rings (SSSR count). The average Bonchev–Trinajstić information content (AvgIpc) is 1.74. The SMILES string of the molecule is CC(C)(C)c1cc(N(c2ccc3c(c2)oc2cc4cc5c(cc4cc23)oc2cc(N(c3cc(C(C)(C)C)cc(C(C)(C)C)c3)c3ccc4c(c3)oc3ccc6ccccc6c34)ccc25)c2ccc3c(c2)oc2ccc4ccccc4c23)cc(C(C)(C)C)c1. The van der Waals surface area contributed by atoms with Crippen molar-refractivity contribution in [2.45, 2.75) is 105 Å². The predicted molar refractivity (Wildman–Crippen MR) is 372 cm³/mol. The van der Waals surface area contributed by atoms with E-state index in [1.54, 1.807) is 0 Å². The number of anilines is 6. The third-order valence-corrected chi connectivity index (χ3v) is 18.5. The first kappa shape index (κ1) is 53.7. The van der Waals surface area contributed by atoms with Crippen molar-refractivity contribution in [3.05, 3.63) is 229 Å². The highest BCUT2D eigenvalue weighted by atomic mass is 16.3. The molecule has 0 fully saturated rings. The maximum atomic E-state index is 6.98. The van der Waals surface area contributed by atoms with E-state index in [1.165, 1.54) is 43.8 Å². The maximum Gasteiger partial charge on any atom is 0.137 e. The highest BCUT2D eigenvalue weighted by Gasteiger charge is 2.28. The molecule has 6 heteroatoms. The maximum absolute atomic E-state index is 6.98. The molecule has 4 heterocycles. The summed E-state index contributed by atoms with van der Waals surface area (Å²) in [7, 11) is 0.